The molecule has 4 heterocycles. The van der Waals surface area contributed by atoms with Crippen molar-refractivity contribution in [2.75, 3.05) is 10.6 Å². The summed E-state index contributed by atoms with van der Waals surface area (Å²) in [5.74, 6) is 0. The first-order valence-corrected chi connectivity index (χ1v) is 15.0. The summed E-state index contributed by atoms with van der Waals surface area (Å²) in [6.45, 7) is 30.9. The van der Waals surface area contributed by atoms with Crippen LogP contribution < -0.4 is 21.3 Å². The molecule has 3 aliphatic heterocycles. The zero-order valence-corrected chi connectivity index (χ0v) is 28.3. The van der Waals surface area contributed by atoms with E-state index >= 15 is 0 Å². The number of nitrogens with zero attached hydrogens (tertiary/aromatic N) is 3. The molecule has 3 aliphatic rings. The third-order valence-corrected chi connectivity index (χ3v) is 10.4. The molecule has 0 radical (unpaired) electrons. The van der Waals surface area contributed by atoms with Gasteiger partial charge in [0.1, 0.15) is 0 Å². The molecular weight excluding hydrogens is 514 g/mol. The number of hydrogen-bond acceptors (Lipinski definition) is 4. The molecule has 0 saturated heterocycles. The smallest absolute Gasteiger partial charge is 0.0859 e. The lowest BCUT2D eigenvalue weighted by molar-refractivity contribution is 0.847. The monoisotopic (exact) mass is 561 g/mol. The molecule has 0 saturated carbocycles. The highest BCUT2D eigenvalue weighted by atomic mass is 15.0. The molecule has 42 heavy (non-hydrogen) atoms. The van der Waals surface area contributed by atoms with Crippen LogP contribution in [0.3, 0.4) is 0 Å². The highest BCUT2D eigenvalue weighted by Crippen LogP contribution is 2.40. The van der Waals surface area contributed by atoms with Crippen molar-refractivity contribution in [2.45, 2.75) is 96.9 Å². The lowest BCUT2D eigenvalue weighted by Gasteiger charge is -2.24. The third kappa shape index (κ3) is 4.11. The normalized spacial score (nSPS) is 17.6. The molecule has 5 heteroatoms. The van der Waals surface area contributed by atoms with Gasteiger partial charge in [0.25, 0.3) is 0 Å². The minimum Gasteiger partial charge on any atom is -0.355 e. The van der Waals surface area contributed by atoms with Gasteiger partial charge in [-0.1, -0.05) is 0 Å². The molecule has 0 spiro atoms. The van der Waals surface area contributed by atoms with Crippen molar-refractivity contribution < 1.29 is 0 Å². The Kier molecular flexibility index (Phi) is 7.16. The predicted molar refractivity (Wildman–Crippen MR) is 182 cm³/mol. The van der Waals surface area contributed by atoms with E-state index in [4.69, 9.17) is 9.98 Å². The van der Waals surface area contributed by atoms with Crippen molar-refractivity contribution in [3.8, 4) is 0 Å². The number of fused-ring (bicyclic) bond motifs is 5. The lowest BCUT2D eigenvalue weighted by atomic mass is 9.94. The molecule has 220 valence electrons. The van der Waals surface area contributed by atoms with Gasteiger partial charge in [-0.15, -0.1) is 0 Å². The number of nitrogens with one attached hydrogen (secondary N) is 2. The third-order valence-electron chi connectivity index (χ3n) is 10.4. The van der Waals surface area contributed by atoms with Gasteiger partial charge in [0.2, 0.25) is 0 Å². The molecule has 6 bridgehead atoms. The van der Waals surface area contributed by atoms with E-state index in [2.05, 4.69) is 119 Å². The van der Waals surface area contributed by atoms with Crippen molar-refractivity contribution >= 4 is 33.9 Å². The van der Waals surface area contributed by atoms with Gasteiger partial charge in [-0.3, -0.25) is 0 Å². The van der Waals surface area contributed by atoms with Crippen LogP contribution in [0.5, 0.6) is 0 Å². The summed E-state index contributed by atoms with van der Waals surface area (Å²) in [4.78, 5) is 10.6. The number of aliphatic imine (C=N–C) groups is 2. The summed E-state index contributed by atoms with van der Waals surface area (Å²) >= 11 is 0. The van der Waals surface area contributed by atoms with Gasteiger partial charge in [-0.2, -0.15) is 0 Å². The van der Waals surface area contributed by atoms with E-state index in [1.165, 1.54) is 77.5 Å². The second-order valence-corrected chi connectivity index (χ2v) is 12.6. The van der Waals surface area contributed by atoms with Crippen LogP contribution in [0.4, 0.5) is 11.4 Å². The topological polar surface area (TPSA) is 53.7 Å². The molecule has 0 atom stereocenters. The fourth-order valence-electron chi connectivity index (χ4n) is 7.11. The van der Waals surface area contributed by atoms with Crippen LogP contribution in [0.2, 0.25) is 0 Å². The van der Waals surface area contributed by atoms with E-state index in [9.17, 15) is 0 Å². The number of rotatable bonds is 0. The largest absolute Gasteiger partial charge is 0.355 e. The van der Waals surface area contributed by atoms with Crippen molar-refractivity contribution in [2.24, 2.45) is 17.0 Å². The van der Waals surface area contributed by atoms with Gasteiger partial charge in [-0.25, -0.2) is 9.98 Å². The number of aromatic nitrogens is 1. The van der Waals surface area contributed by atoms with E-state index < -0.39 is 0 Å². The Labute approximate surface area is 251 Å². The maximum Gasteiger partial charge on any atom is 0.0859 e. The van der Waals surface area contributed by atoms with Crippen LogP contribution in [0.1, 0.15) is 88.8 Å². The molecule has 2 N–H and O–H groups in total. The van der Waals surface area contributed by atoms with E-state index in [0.717, 1.165) is 45.6 Å². The SMILES string of the molecule is CC1=C2N=C(C(C)=C2C)C(C)=c2c(C)c(C)c(n2C)=C(C)C2=NC(=C(C)Nc3c(C)c(C)c(C)c(C)c3N1)C(C)=C2C. The van der Waals surface area contributed by atoms with Crippen molar-refractivity contribution in [1.29, 1.82) is 0 Å². The number of benzene rings is 1. The molecule has 0 aliphatic carbocycles. The first kappa shape index (κ1) is 29.6. The van der Waals surface area contributed by atoms with Crippen LogP contribution in [0, 0.1) is 41.5 Å². The Bertz CT molecular complexity index is 1800. The summed E-state index contributed by atoms with van der Waals surface area (Å²) in [5, 5.41) is 10.1. The average molecular weight is 562 g/mol. The Morgan fingerprint density at radius 2 is 0.738 bits per heavy atom. The molecule has 0 unspecified atom stereocenters. The number of allylic oxidation sites excluding steroid dienone is 6. The zero-order chi connectivity index (χ0) is 31.1. The quantitative estimate of drug-likeness (QED) is 0.345. The Morgan fingerprint density at radius 3 is 1.07 bits per heavy atom. The van der Waals surface area contributed by atoms with Crippen LogP contribution in [-0.4, -0.2) is 16.0 Å². The summed E-state index contributed by atoms with van der Waals surface area (Å²) in [5.41, 5.74) is 23.5. The zero-order valence-electron chi connectivity index (χ0n) is 28.3. The van der Waals surface area contributed by atoms with Crippen molar-refractivity contribution in [1.82, 2.24) is 4.57 Å². The van der Waals surface area contributed by atoms with Crippen molar-refractivity contribution in [3.63, 3.8) is 0 Å². The van der Waals surface area contributed by atoms with E-state index in [1.54, 1.807) is 0 Å². The fourth-order valence-corrected chi connectivity index (χ4v) is 7.11. The molecule has 1 aromatic heterocycles. The number of hydrogen-bond donors (Lipinski definition) is 2. The highest BCUT2D eigenvalue weighted by molar-refractivity contribution is 6.30. The van der Waals surface area contributed by atoms with E-state index in [0.29, 0.717) is 0 Å². The van der Waals surface area contributed by atoms with Gasteiger partial charge < -0.3 is 15.2 Å². The summed E-state index contributed by atoms with van der Waals surface area (Å²) in [7, 11) is 2.19. The Balaban J connectivity index is 1.97. The lowest BCUT2D eigenvalue weighted by Crippen LogP contribution is -2.30. The average Bonchev–Trinajstić information content (AvgIpc) is 3.50. The summed E-state index contributed by atoms with van der Waals surface area (Å²) < 4.78 is 2.36. The van der Waals surface area contributed by atoms with E-state index in [1.807, 2.05) is 0 Å². The maximum atomic E-state index is 5.31. The van der Waals surface area contributed by atoms with Gasteiger partial charge in [0.05, 0.1) is 34.2 Å². The maximum absolute atomic E-state index is 5.31. The first-order valence-electron chi connectivity index (χ1n) is 15.0. The second kappa shape index (κ2) is 10.1. The summed E-state index contributed by atoms with van der Waals surface area (Å²) in [6, 6.07) is 0. The summed E-state index contributed by atoms with van der Waals surface area (Å²) in [6.07, 6.45) is 0. The molecule has 2 aromatic rings. The standard InChI is InChI=1S/C37H47N5/c1-16-17(2)19(4)35-34(18(16)3)38-28(13)32-22(7)20(5)30(40-32)26(11)36-24(9)25(10)37(42(36)15)27(12)31-21(6)23(8)33(41-31)29(14)39-35/h38-39H,1-15H3. The van der Waals surface area contributed by atoms with Gasteiger partial charge in [-0.05, 0) is 164 Å². The Morgan fingerprint density at radius 1 is 0.405 bits per heavy atom. The minimum atomic E-state index is 1.02. The molecular formula is C37H47N5. The molecule has 0 amide bonds. The van der Waals surface area contributed by atoms with Crippen molar-refractivity contribution in [3.05, 3.63) is 89.2 Å². The van der Waals surface area contributed by atoms with Crippen LogP contribution in [0.15, 0.2) is 55.1 Å². The second-order valence-electron chi connectivity index (χ2n) is 12.6. The van der Waals surface area contributed by atoms with Gasteiger partial charge >= 0.3 is 0 Å². The highest BCUT2D eigenvalue weighted by Gasteiger charge is 2.27. The van der Waals surface area contributed by atoms with E-state index in [-0.39, 0.29) is 0 Å². The van der Waals surface area contributed by atoms with Crippen LogP contribution >= 0.6 is 0 Å². The van der Waals surface area contributed by atoms with Crippen LogP contribution in [0.25, 0.3) is 11.1 Å². The minimum absolute atomic E-state index is 1.02. The molecule has 5 rings (SSSR count). The fraction of sp³-hybridized carbons (Fsp3) is 0.405. The van der Waals surface area contributed by atoms with Gasteiger partial charge in [0.15, 0.2) is 0 Å². The van der Waals surface area contributed by atoms with Crippen LogP contribution in [-0.2, 0) is 7.05 Å². The predicted octanol–water partition coefficient (Wildman–Crippen LogP) is 7.80. The number of anilines is 2. The molecule has 5 nitrogen and oxygen atoms in total. The molecule has 1 aromatic carbocycles. The first-order chi connectivity index (χ1) is 19.6. The molecule has 0 fully saturated rings. The van der Waals surface area contributed by atoms with Gasteiger partial charge in [0, 0.05) is 29.1 Å². The Hall–Kier alpha value is -3.86.